The molecule has 0 radical (unpaired) electrons. The number of amides is 1. The molecular weight excluding hydrogens is 412 g/mol. The first-order chi connectivity index (χ1) is 15.0. The van der Waals surface area contributed by atoms with E-state index < -0.39 is 10.0 Å². The summed E-state index contributed by atoms with van der Waals surface area (Å²) in [6, 6.07) is 23.7. The molecular formula is C24H24N2O4S. The van der Waals surface area contributed by atoms with E-state index in [2.05, 4.69) is 5.32 Å². The lowest BCUT2D eigenvalue weighted by Gasteiger charge is -2.28. The molecule has 1 aliphatic heterocycles. The quantitative estimate of drug-likeness (QED) is 0.624. The van der Waals surface area contributed by atoms with E-state index in [1.807, 2.05) is 54.6 Å². The third-order valence-corrected chi connectivity index (χ3v) is 6.97. The van der Waals surface area contributed by atoms with Crippen LogP contribution >= 0.6 is 0 Å². The van der Waals surface area contributed by atoms with E-state index >= 15 is 0 Å². The fourth-order valence-electron chi connectivity index (χ4n) is 3.49. The lowest BCUT2D eigenvalue weighted by atomic mass is 10.1. The maximum atomic E-state index is 12.5. The largest absolute Gasteiger partial charge is 0.457 e. The van der Waals surface area contributed by atoms with Gasteiger partial charge in [0.05, 0.1) is 11.4 Å². The molecule has 160 valence electrons. The highest BCUT2D eigenvalue weighted by atomic mass is 32.2. The van der Waals surface area contributed by atoms with Crippen molar-refractivity contribution < 1.29 is 17.9 Å². The van der Waals surface area contributed by atoms with Crippen LogP contribution in [0.15, 0.2) is 78.9 Å². The van der Waals surface area contributed by atoms with Crippen LogP contribution in [0, 0.1) is 0 Å². The van der Waals surface area contributed by atoms with Crippen LogP contribution in [0.3, 0.4) is 0 Å². The maximum Gasteiger partial charge on any atom is 0.251 e. The van der Waals surface area contributed by atoms with Crippen molar-refractivity contribution in [2.24, 2.45) is 0 Å². The van der Waals surface area contributed by atoms with Crippen LogP contribution in [0.1, 0.15) is 28.8 Å². The molecule has 1 fully saturated rings. The summed E-state index contributed by atoms with van der Waals surface area (Å²) in [7, 11) is -3.26. The fraction of sp³-hybridized carbons (Fsp3) is 0.208. The number of nitrogens with zero attached hydrogens (tertiary/aromatic N) is 1. The summed E-state index contributed by atoms with van der Waals surface area (Å²) >= 11 is 0. The average molecular weight is 437 g/mol. The Kier molecular flexibility index (Phi) is 6.23. The molecule has 4 rings (SSSR count). The van der Waals surface area contributed by atoms with Crippen LogP contribution in [0.2, 0.25) is 0 Å². The Morgan fingerprint density at radius 3 is 2.39 bits per heavy atom. The fourth-order valence-corrected chi connectivity index (χ4v) is 5.13. The zero-order chi connectivity index (χ0) is 21.7. The van der Waals surface area contributed by atoms with Gasteiger partial charge in [-0.05, 0) is 66.9 Å². The maximum absolute atomic E-state index is 12.5. The molecule has 3 aromatic rings. The number of hydrogen-bond donors (Lipinski definition) is 1. The molecule has 1 saturated heterocycles. The van der Waals surface area contributed by atoms with Gasteiger partial charge in [0, 0.05) is 18.7 Å². The van der Waals surface area contributed by atoms with Crippen molar-refractivity contribution in [3.8, 4) is 11.5 Å². The highest BCUT2D eigenvalue weighted by Crippen LogP contribution is 2.24. The van der Waals surface area contributed by atoms with Crippen LogP contribution in [0.4, 0.5) is 5.69 Å². The zero-order valence-electron chi connectivity index (χ0n) is 17.0. The molecule has 1 heterocycles. The Morgan fingerprint density at radius 2 is 1.65 bits per heavy atom. The molecule has 0 unspecified atom stereocenters. The van der Waals surface area contributed by atoms with Crippen molar-refractivity contribution in [2.75, 3.05) is 16.6 Å². The molecule has 0 bridgehead atoms. The first-order valence-corrected chi connectivity index (χ1v) is 11.8. The lowest BCUT2D eigenvalue weighted by Crippen LogP contribution is -2.37. The SMILES string of the molecule is O=C(NCc1cccc(Oc2ccccc2)c1)c1ccc(N2CCCCS2(=O)=O)cc1. The van der Waals surface area contributed by atoms with Crippen molar-refractivity contribution in [1.82, 2.24) is 5.32 Å². The van der Waals surface area contributed by atoms with Crippen LogP contribution in [-0.4, -0.2) is 26.6 Å². The summed E-state index contributed by atoms with van der Waals surface area (Å²) < 4.78 is 31.7. The van der Waals surface area contributed by atoms with Gasteiger partial charge in [-0.3, -0.25) is 9.10 Å². The normalized spacial score (nSPS) is 15.3. The van der Waals surface area contributed by atoms with Gasteiger partial charge in [0.1, 0.15) is 11.5 Å². The van der Waals surface area contributed by atoms with E-state index in [-0.39, 0.29) is 11.7 Å². The second-order valence-electron chi connectivity index (χ2n) is 7.39. The number of sulfonamides is 1. The number of carbonyl (C=O) groups excluding carboxylic acids is 1. The molecule has 7 heteroatoms. The Morgan fingerprint density at radius 1 is 0.903 bits per heavy atom. The van der Waals surface area contributed by atoms with E-state index in [1.165, 1.54) is 4.31 Å². The minimum Gasteiger partial charge on any atom is -0.457 e. The standard InChI is InChI=1S/C24H24N2O4S/c27-24(20-11-13-21(14-12-20)26-15-4-5-16-31(26,28)29)25-18-19-7-6-10-23(17-19)30-22-8-2-1-3-9-22/h1-3,6-14,17H,4-5,15-16,18H2,(H,25,27). The molecule has 0 spiro atoms. The Labute approximate surface area is 182 Å². The van der Waals surface area contributed by atoms with Crippen molar-refractivity contribution in [3.05, 3.63) is 90.0 Å². The third-order valence-electron chi connectivity index (χ3n) is 5.10. The van der Waals surface area contributed by atoms with Crippen molar-refractivity contribution in [1.29, 1.82) is 0 Å². The predicted octanol–water partition coefficient (Wildman–Crippen LogP) is 4.34. The number of hydrogen-bond acceptors (Lipinski definition) is 4. The van der Waals surface area contributed by atoms with Gasteiger partial charge in [0.2, 0.25) is 10.0 Å². The van der Waals surface area contributed by atoms with E-state index in [1.54, 1.807) is 24.3 Å². The van der Waals surface area contributed by atoms with Crippen molar-refractivity contribution in [2.45, 2.75) is 19.4 Å². The summed E-state index contributed by atoms with van der Waals surface area (Å²) in [5.74, 6) is 1.40. The van der Waals surface area contributed by atoms with E-state index in [9.17, 15) is 13.2 Å². The molecule has 1 amide bonds. The molecule has 31 heavy (non-hydrogen) atoms. The van der Waals surface area contributed by atoms with Gasteiger partial charge in [-0.25, -0.2) is 8.42 Å². The minimum atomic E-state index is -3.26. The Hall–Kier alpha value is -3.32. The van der Waals surface area contributed by atoms with Gasteiger partial charge in [0.15, 0.2) is 0 Å². The number of carbonyl (C=O) groups is 1. The first kappa shape index (κ1) is 20.9. The van der Waals surface area contributed by atoms with Crippen molar-refractivity contribution in [3.63, 3.8) is 0 Å². The average Bonchev–Trinajstić information content (AvgIpc) is 2.78. The third kappa shape index (κ3) is 5.24. The van der Waals surface area contributed by atoms with Crippen LogP contribution < -0.4 is 14.4 Å². The monoisotopic (exact) mass is 436 g/mol. The first-order valence-electron chi connectivity index (χ1n) is 10.2. The van der Waals surface area contributed by atoms with Gasteiger partial charge >= 0.3 is 0 Å². The van der Waals surface area contributed by atoms with Gasteiger partial charge in [-0.1, -0.05) is 30.3 Å². The molecule has 6 nitrogen and oxygen atoms in total. The molecule has 1 N–H and O–H groups in total. The number of rotatable bonds is 6. The van der Waals surface area contributed by atoms with Crippen LogP contribution in [0.5, 0.6) is 11.5 Å². The molecule has 0 saturated carbocycles. The molecule has 1 aliphatic rings. The number of para-hydroxylation sites is 1. The number of ether oxygens (including phenoxy) is 1. The summed E-state index contributed by atoms with van der Waals surface area (Å²) in [5.41, 5.74) is 2.00. The lowest BCUT2D eigenvalue weighted by molar-refractivity contribution is 0.0951. The summed E-state index contributed by atoms with van der Waals surface area (Å²) in [4.78, 5) is 12.5. The van der Waals surface area contributed by atoms with Gasteiger partial charge in [-0.2, -0.15) is 0 Å². The zero-order valence-corrected chi connectivity index (χ0v) is 17.8. The van der Waals surface area contributed by atoms with E-state index in [0.29, 0.717) is 36.5 Å². The van der Waals surface area contributed by atoms with Crippen LogP contribution in [0.25, 0.3) is 0 Å². The number of benzene rings is 3. The number of anilines is 1. The summed E-state index contributed by atoms with van der Waals surface area (Å²) in [6.07, 6.45) is 1.53. The highest BCUT2D eigenvalue weighted by molar-refractivity contribution is 7.92. The van der Waals surface area contributed by atoms with E-state index in [0.717, 1.165) is 17.7 Å². The highest BCUT2D eigenvalue weighted by Gasteiger charge is 2.25. The second-order valence-corrected chi connectivity index (χ2v) is 9.40. The Balaban J connectivity index is 1.37. The van der Waals surface area contributed by atoms with Crippen molar-refractivity contribution >= 4 is 21.6 Å². The molecule has 0 atom stereocenters. The molecule has 0 aliphatic carbocycles. The van der Waals surface area contributed by atoms with Gasteiger partial charge < -0.3 is 10.1 Å². The van der Waals surface area contributed by atoms with Crippen LogP contribution in [-0.2, 0) is 16.6 Å². The second kappa shape index (κ2) is 9.22. The van der Waals surface area contributed by atoms with Gasteiger partial charge in [-0.15, -0.1) is 0 Å². The summed E-state index contributed by atoms with van der Waals surface area (Å²) in [5, 5.41) is 2.90. The molecule has 3 aromatic carbocycles. The topological polar surface area (TPSA) is 75.7 Å². The summed E-state index contributed by atoms with van der Waals surface area (Å²) in [6.45, 7) is 0.836. The Bertz CT molecular complexity index is 1150. The molecule has 0 aromatic heterocycles. The van der Waals surface area contributed by atoms with E-state index in [4.69, 9.17) is 4.74 Å². The van der Waals surface area contributed by atoms with Gasteiger partial charge in [0.25, 0.3) is 5.91 Å². The minimum absolute atomic E-state index is 0.169. The predicted molar refractivity (Wildman–Crippen MR) is 121 cm³/mol. The number of nitrogens with one attached hydrogen (secondary N) is 1. The smallest absolute Gasteiger partial charge is 0.251 e.